The van der Waals surface area contributed by atoms with Gasteiger partial charge in [-0.1, -0.05) is 53.5 Å². The van der Waals surface area contributed by atoms with Crippen molar-refractivity contribution >= 4 is 45.1 Å². The van der Waals surface area contributed by atoms with Crippen LogP contribution in [0.25, 0.3) is 0 Å². The van der Waals surface area contributed by atoms with E-state index in [-0.39, 0.29) is 27.9 Å². The number of nitrogens with one attached hydrogen (secondary N) is 1. The number of benzene rings is 3. The molecule has 36 heavy (non-hydrogen) atoms. The number of amides is 1. The summed E-state index contributed by atoms with van der Waals surface area (Å²) in [5.41, 5.74) is 0.543. The summed E-state index contributed by atoms with van der Waals surface area (Å²) in [5, 5.41) is 12.4. The molecule has 1 heterocycles. The largest absolute Gasteiger partial charge is 0.481 e. The zero-order valence-corrected chi connectivity index (χ0v) is 21.1. The Morgan fingerprint density at radius 2 is 1.61 bits per heavy atom. The third kappa shape index (κ3) is 5.99. The Bertz CT molecular complexity index is 1350. The first-order valence-electron chi connectivity index (χ1n) is 11.0. The number of carboxylic acid groups (broad SMARTS) is 1. The van der Waals surface area contributed by atoms with Crippen molar-refractivity contribution in [3.8, 4) is 11.5 Å². The highest BCUT2D eigenvalue weighted by atomic mass is 35.5. The molecule has 0 bridgehead atoms. The van der Waals surface area contributed by atoms with Gasteiger partial charge in [0.1, 0.15) is 17.5 Å². The first-order chi connectivity index (χ1) is 17.1. The second kappa shape index (κ2) is 10.9. The number of hydrogen-bond acceptors (Lipinski definition) is 5. The third-order valence-corrected chi connectivity index (χ3v) is 7.99. The van der Waals surface area contributed by atoms with Crippen LogP contribution in [0, 0.1) is 0 Å². The van der Waals surface area contributed by atoms with Gasteiger partial charge in [-0.25, -0.2) is 8.42 Å². The lowest BCUT2D eigenvalue weighted by atomic mass is 10.0. The smallest absolute Gasteiger partial charge is 0.305 e. The van der Waals surface area contributed by atoms with E-state index in [4.69, 9.17) is 27.9 Å². The zero-order chi connectivity index (χ0) is 25.9. The molecule has 1 amide bonds. The third-order valence-electron chi connectivity index (χ3n) is 5.67. The van der Waals surface area contributed by atoms with Crippen LogP contribution in [0.4, 0.5) is 0 Å². The number of ether oxygens (including phenoxy) is 1. The number of para-hydroxylation sites is 1. The zero-order valence-electron chi connectivity index (χ0n) is 18.8. The maximum absolute atomic E-state index is 13.1. The van der Waals surface area contributed by atoms with E-state index in [1.807, 2.05) is 18.2 Å². The molecule has 0 saturated carbocycles. The lowest BCUT2D eigenvalue weighted by molar-refractivity contribution is -0.138. The molecule has 1 saturated heterocycles. The van der Waals surface area contributed by atoms with Crippen LogP contribution >= 0.6 is 23.2 Å². The van der Waals surface area contributed by atoms with E-state index in [0.717, 1.165) is 4.31 Å². The summed E-state index contributed by atoms with van der Waals surface area (Å²) in [6, 6.07) is 17.9. The van der Waals surface area contributed by atoms with Gasteiger partial charge >= 0.3 is 5.97 Å². The first-order valence-corrected chi connectivity index (χ1v) is 13.2. The fraction of sp³-hybridized carbons (Fsp3) is 0.200. The average Bonchev–Trinajstić information content (AvgIpc) is 2.78. The molecule has 2 atom stereocenters. The van der Waals surface area contributed by atoms with Gasteiger partial charge in [0.25, 0.3) is 0 Å². The van der Waals surface area contributed by atoms with Gasteiger partial charge in [0.2, 0.25) is 15.9 Å². The summed E-state index contributed by atoms with van der Waals surface area (Å²) < 4.78 is 33.0. The van der Waals surface area contributed by atoms with Crippen LogP contribution in [0.5, 0.6) is 11.5 Å². The van der Waals surface area contributed by atoms with Crippen molar-refractivity contribution in [2.45, 2.75) is 29.8 Å². The summed E-state index contributed by atoms with van der Waals surface area (Å²) in [6.07, 6.45) is -0.0863. The second-order valence-corrected chi connectivity index (χ2v) is 10.9. The van der Waals surface area contributed by atoms with Crippen LogP contribution in [-0.2, 0) is 19.6 Å². The van der Waals surface area contributed by atoms with E-state index in [0.29, 0.717) is 23.5 Å². The Morgan fingerprint density at radius 3 is 2.17 bits per heavy atom. The molecule has 1 aliphatic rings. The Hall–Kier alpha value is -3.11. The van der Waals surface area contributed by atoms with Gasteiger partial charge in [0, 0.05) is 16.6 Å². The Labute approximate surface area is 218 Å². The normalized spacial score (nSPS) is 16.6. The molecule has 0 aromatic heterocycles. The topological polar surface area (TPSA) is 113 Å². The molecule has 0 spiro atoms. The minimum absolute atomic E-state index is 0.117. The molecule has 1 fully saturated rings. The summed E-state index contributed by atoms with van der Waals surface area (Å²) in [5.74, 6) is -0.514. The van der Waals surface area contributed by atoms with E-state index in [1.54, 1.807) is 36.4 Å². The first kappa shape index (κ1) is 26.0. The molecule has 8 nitrogen and oxygen atoms in total. The van der Waals surface area contributed by atoms with Crippen LogP contribution in [0.2, 0.25) is 10.0 Å². The maximum atomic E-state index is 13.1. The number of carbonyl (C=O) groups excluding carboxylic acids is 1. The molecule has 0 radical (unpaired) electrons. The predicted molar refractivity (Wildman–Crippen MR) is 135 cm³/mol. The minimum atomic E-state index is -4.03. The van der Waals surface area contributed by atoms with E-state index in [9.17, 15) is 23.1 Å². The number of carboxylic acids is 1. The van der Waals surface area contributed by atoms with Gasteiger partial charge in [0.15, 0.2) is 0 Å². The van der Waals surface area contributed by atoms with Crippen LogP contribution in [0.1, 0.15) is 24.4 Å². The van der Waals surface area contributed by atoms with Crippen molar-refractivity contribution in [1.82, 2.24) is 9.62 Å². The van der Waals surface area contributed by atoms with Crippen molar-refractivity contribution in [2.75, 3.05) is 6.54 Å². The molecule has 11 heteroatoms. The summed E-state index contributed by atoms with van der Waals surface area (Å²) in [4.78, 5) is 24.4. The highest BCUT2D eigenvalue weighted by Crippen LogP contribution is 2.31. The number of aliphatic carboxylic acids is 1. The predicted octanol–water partition coefficient (Wildman–Crippen LogP) is 4.88. The fourth-order valence-electron chi connectivity index (χ4n) is 3.81. The lowest BCUT2D eigenvalue weighted by Gasteiger charge is -2.39. The summed E-state index contributed by atoms with van der Waals surface area (Å²) >= 11 is 11.9. The van der Waals surface area contributed by atoms with Gasteiger partial charge in [-0.15, -0.1) is 0 Å². The van der Waals surface area contributed by atoms with Crippen molar-refractivity contribution in [3.63, 3.8) is 0 Å². The van der Waals surface area contributed by atoms with Crippen molar-refractivity contribution in [2.24, 2.45) is 0 Å². The van der Waals surface area contributed by atoms with Gasteiger partial charge in [-0.2, -0.15) is 4.31 Å². The monoisotopic (exact) mass is 548 g/mol. The average molecular weight is 549 g/mol. The van der Waals surface area contributed by atoms with E-state index < -0.39 is 34.0 Å². The van der Waals surface area contributed by atoms with E-state index in [1.165, 1.54) is 18.2 Å². The molecule has 0 aliphatic carbocycles. The summed E-state index contributed by atoms with van der Waals surface area (Å²) in [6.45, 7) is 0.139. The molecular formula is C25H22Cl2N2O6S. The quantitative estimate of drug-likeness (QED) is 0.394. The van der Waals surface area contributed by atoms with Crippen LogP contribution in [0.3, 0.4) is 0 Å². The summed E-state index contributed by atoms with van der Waals surface area (Å²) in [7, 11) is -4.03. The van der Waals surface area contributed by atoms with Crippen molar-refractivity contribution in [3.05, 3.63) is 88.4 Å². The van der Waals surface area contributed by atoms with Gasteiger partial charge in [-0.05, 0) is 54.4 Å². The van der Waals surface area contributed by atoms with Gasteiger partial charge in [-0.3, -0.25) is 9.59 Å². The molecule has 2 N–H and O–H groups in total. The molecule has 0 unspecified atom stereocenters. The van der Waals surface area contributed by atoms with Crippen molar-refractivity contribution < 1.29 is 27.9 Å². The number of hydrogen-bond donors (Lipinski definition) is 2. The molecule has 188 valence electrons. The van der Waals surface area contributed by atoms with E-state index >= 15 is 0 Å². The van der Waals surface area contributed by atoms with Gasteiger partial charge < -0.3 is 15.2 Å². The molecule has 3 aromatic rings. The highest BCUT2D eigenvalue weighted by molar-refractivity contribution is 7.89. The van der Waals surface area contributed by atoms with Gasteiger partial charge in [0.05, 0.1) is 17.4 Å². The molecule has 3 aromatic carbocycles. The second-order valence-electron chi connectivity index (χ2n) is 8.17. The number of carbonyl (C=O) groups is 2. The lowest BCUT2D eigenvalue weighted by Crippen LogP contribution is -2.58. The van der Waals surface area contributed by atoms with E-state index in [2.05, 4.69) is 5.32 Å². The number of nitrogens with zero attached hydrogens (tertiary/aromatic N) is 1. The van der Waals surface area contributed by atoms with Crippen LogP contribution in [-0.4, -0.2) is 42.3 Å². The molecular weight excluding hydrogens is 527 g/mol. The highest BCUT2D eigenvalue weighted by Gasteiger charge is 2.43. The maximum Gasteiger partial charge on any atom is 0.305 e. The Kier molecular flexibility index (Phi) is 7.85. The fourth-order valence-corrected chi connectivity index (χ4v) is 6.17. The Morgan fingerprint density at radius 1 is 1.00 bits per heavy atom. The Balaban J connectivity index is 1.48. The standard InChI is InChI=1S/C25H22Cl2N2O6S/c26-17-12-18(27)14-21(13-17)36(33,34)29-11-10-23(29)25(32)28-22(15-24(30)31)16-6-8-20(9-7-16)35-19-4-2-1-3-5-19/h1-9,12-14,22-23H,10-11,15H2,(H,28,32)(H,30,31)/t22-,23+/m1/s1. The van der Waals surface area contributed by atoms with Crippen LogP contribution in [0.15, 0.2) is 77.7 Å². The van der Waals surface area contributed by atoms with Crippen molar-refractivity contribution in [1.29, 1.82) is 0 Å². The molecule has 4 rings (SSSR count). The number of sulfonamides is 1. The number of halogens is 2. The minimum Gasteiger partial charge on any atom is -0.481 e. The van der Waals surface area contributed by atoms with Crippen LogP contribution < -0.4 is 10.1 Å². The number of rotatable bonds is 9. The SMILES string of the molecule is O=C(O)C[C@@H](NC(=O)[C@@H]1CCN1S(=O)(=O)c1cc(Cl)cc(Cl)c1)c1ccc(Oc2ccccc2)cc1. The molecule has 1 aliphatic heterocycles.